The van der Waals surface area contributed by atoms with E-state index in [1.165, 1.54) is 0 Å². The summed E-state index contributed by atoms with van der Waals surface area (Å²) in [5.74, 6) is 0.127. The lowest BCUT2D eigenvalue weighted by Crippen LogP contribution is -2.48. The van der Waals surface area contributed by atoms with Crippen LogP contribution >= 0.6 is 0 Å². The van der Waals surface area contributed by atoms with Crippen LogP contribution < -0.4 is 5.73 Å². The highest BCUT2D eigenvalue weighted by Gasteiger charge is 2.24. The average molecular weight is 295 g/mol. The minimum Gasteiger partial charge on any atom is -0.409 e. The van der Waals surface area contributed by atoms with E-state index in [0.717, 1.165) is 31.6 Å². The molecule has 1 atom stereocenters. The third-order valence-electron chi connectivity index (χ3n) is 3.96. The van der Waals surface area contributed by atoms with Gasteiger partial charge in [-0.2, -0.15) is 5.10 Å². The number of oxime groups is 1. The predicted molar refractivity (Wildman–Crippen MR) is 80.3 cm³/mol. The summed E-state index contributed by atoms with van der Waals surface area (Å²) in [5.41, 5.74) is 6.66. The zero-order chi connectivity index (χ0) is 15.2. The normalized spacial score (nSPS) is 21.1. The Morgan fingerprint density at radius 1 is 1.57 bits per heavy atom. The zero-order valence-electron chi connectivity index (χ0n) is 12.8. The monoisotopic (exact) mass is 295 g/mol. The molecule has 2 rings (SSSR count). The summed E-state index contributed by atoms with van der Waals surface area (Å²) in [5, 5.41) is 16.4. The van der Waals surface area contributed by atoms with Gasteiger partial charge in [0, 0.05) is 25.8 Å². The van der Waals surface area contributed by atoms with Crippen molar-refractivity contribution < 1.29 is 9.94 Å². The van der Waals surface area contributed by atoms with Crippen LogP contribution in [-0.4, -0.2) is 51.5 Å². The van der Waals surface area contributed by atoms with Crippen molar-refractivity contribution in [3.8, 4) is 0 Å². The van der Waals surface area contributed by atoms with Gasteiger partial charge in [-0.25, -0.2) is 0 Å². The number of morpholine rings is 1. The van der Waals surface area contributed by atoms with Gasteiger partial charge >= 0.3 is 0 Å². The zero-order valence-corrected chi connectivity index (χ0v) is 12.8. The van der Waals surface area contributed by atoms with Gasteiger partial charge < -0.3 is 15.7 Å². The first-order valence-electron chi connectivity index (χ1n) is 7.53. The second-order valence-electron chi connectivity index (χ2n) is 5.38. The summed E-state index contributed by atoms with van der Waals surface area (Å²) < 4.78 is 7.55. The number of aromatic nitrogens is 2. The Balaban J connectivity index is 1.95. The molecule has 0 amide bonds. The first kappa shape index (κ1) is 15.8. The molecule has 1 fully saturated rings. The molecule has 0 spiro atoms. The SMILES string of the molecule is CCC(CC)n1ccc(CN2CCOC(C(N)=NO)C2)n1. The van der Waals surface area contributed by atoms with Crippen molar-refractivity contribution in [3.05, 3.63) is 18.0 Å². The van der Waals surface area contributed by atoms with Crippen molar-refractivity contribution in [2.45, 2.75) is 45.4 Å². The Labute approximate surface area is 125 Å². The van der Waals surface area contributed by atoms with Crippen molar-refractivity contribution >= 4 is 5.84 Å². The number of rotatable bonds is 6. The van der Waals surface area contributed by atoms with Gasteiger partial charge in [-0.15, -0.1) is 0 Å². The first-order valence-corrected chi connectivity index (χ1v) is 7.53. The summed E-state index contributed by atoms with van der Waals surface area (Å²) in [6.45, 7) is 7.14. The molecule has 0 radical (unpaired) electrons. The van der Waals surface area contributed by atoms with Crippen LogP contribution in [0.25, 0.3) is 0 Å². The van der Waals surface area contributed by atoms with Gasteiger partial charge in [-0.3, -0.25) is 9.58 Å². The molecule has 21 heavy (non-hydrogen) atoms. The summed E-state index contributed by atoms with van der Waals surface area (Å²) in [6, 6.07) is 2.53. The minimum atomic E-state index is -0.343. The van der Waals surface area contributed by atoms with Gasteiger partial charge in [0.15, 0.2) is 5.84 Å². The summed E-state index contributed by atoms with van der Waals surface area (Å²) in [4.78, 5) is 2.21. The van der Waals surface area contributed by atoms with E-state index < -0.39 is 0 Å². The molecule has 1 aliphatic rings. The molecule has 3 N–H and O–H groups in total. The number of hydrogen-bond donors (Lipinski definition) is 2. The molecular weight excluding hydrogens is 270 g/mol. The Hall–Kier alpha value is -1.60. The molecular formula is C14H25N5O2. The second-order valence-corrected chi connectivity index (χ2v) is 5.38. The maximum absolute atomic E-state index is 8.73. The number of amidine groups is 1. The van der Waals surface area contributed by atoms with Crippen molar-refractivity contribution in [1.29, 1.82) is 0 Å². The largest absolute Gasteiger partial charge is 0.409 e. The molecule has 118 valence electrons. The fraction of sp³-hybridized carbons (Fsp3) is 0.714. The standard InChI is InChI=1S/C14H25N5O2/c1-3-12(4-2)19-6-5-11(16-19)9-18-7-8-21-13(10-18)14(15)17-20/h5-6,12-13,20H,3-4,7-10H2,1-2H3,(H2,15,17). The van der Waals surface area contributed by atoms with Gasteiger partial charge in [0.2, 0.25) is 0 Å². The second kappa shape index (κ2) is 7.42. The smallest absolute Gasteiger partial charge is 0.169 e. The Bertz CT molecular complexity index is 470. The summed E-state index contributed by atoms with van der Waals surface area (Å²) in [7, 11) is 0. The molecule has 1 unspecified atom stereocenters. The average Bonchev–Trinajstić information content (AvgIpc) is 2.96. The lowest BCUT2D eigenvalue weighted by Gasteiger charge is -2.31. The maximum atomic E-state index is 8.73. The highest BCUT2D eigenvalue weighted by Crippen LogP contribution is 2.16. The topological polar surface area (TPSA) is 88.9 Å². The molecule has 7 heteroatoms. The van der Waals surface area contributed by atoms with Gasteiger partial charge in [0.1, 0.15) is 6.10 Å². The van der Waals surface area contributed by atoms with E-state index in [2.05, 4.69) is 45.9 Å². The molecule has 1 saturated heterocycles. The first-order chi connectivity index (χ1) is 10.2. The van der Waals surface area contributed by atoms with E-state index in [4.69, 9.17) is 15.7 Å². The van der Waals surface area contributed by atoms with Gasteiger partial charge in [0.25, 0.3) is 0 Å². The molecule has 2 heterocycles. The third-order valence-corrected chi connectivity index (χ3v) is 3.96. The van der Waals surface area contributed by atoms with Crippen LogP contribution in [0.15, 0.2) is 17.4 Å². The quantitative estimate of drug-likeness (QED) is 0.356. The van der Waals surface area contributed by atoms with Crippen molar-refractivity contribution in [2.75, 3.05) is 19.7 Å². The van der Waals surface area contributed by atoms with Crippen LogP contribution in [-0.2, 0) is 11.3 Å². The maximum Gasteiger partial charge on any atom is 0.169 e. The van der Waals surface area contributed by atoms with E-state index in [0.29, 0.717) is 19.2 Å². The van der Waals surface area contributed by atoms with E-state index in [1.54, 1.807) is 0 Å². The van der Waals surface area contributed by atoms with Gasteiger partial charge in [0.05, 0.1) is 18.3 Å². The molecule has 7 nitrogen and oxygen atoms in total. The fourth-order valence-electron chi connectivity index (χ4n) is 2.65. The van der Waals surface area contributed by atoms with E-state index in [-0.39, 0.29) is 11.9 Å². The van der Waals surface area contributed by atoms with Crippen LogP contribution in [0, 0.1) is 0 Å². The van der Waals surface area contributed by atoms with Crippen LogP contribution in [0.1, 0.15) is 38.4 Å². The highest BCUT2D eigenvalue weighted by molar-refractivity contribution is 5.84. The van der Waals surface area contributed by atoms with Gasteiger partial charge in [-0.05, 0) is 18.9 Å². The Morgan fingerprint density at radius 2 is 2.33 bits per heavy atom. The lowest BCUT2D eigenvalue weighted by atomic mass is 10.2. The Kier molecular flexibility index (Phi) is 5.58. The molecule has 0 saturated carbocycles. The van der Waals surface area contributed by atoms with E-state index in [1.807, 2.05) is 0 Å². The third kappa shape index (κ3) is 3.95. The highest BCUT2D eigenvalue weighted by atomic mass is 16.5. The molecule has 1 aliphatic heterocycles. The van der Waals surface area contributed by atoms with Crippen LogP contribution in [0.5, 0.6) is 0 Å². The number of ether oxygens (including phenoxy) is 1. The minimum absolute atomic E-state index is 0.127. The van der Waals surface area contributed by atoms with Crippen molar-refractivity contribution in [1.82, 2.24) is 14.7 Å². The van der Waals surface area contributed by atoms with Crippen molar-refractivity contribution in [2.24, 2.45) is 10.9 Å². The molecule has 0 bridgehead atoms. The Morgan fingerprint density at radius 3 is 3.00 bits per heavy atom. The molecule has 0 aromatic carbocycles. The van der Waals surface area contributed by atoms with Crippen molar-refractivity contribution in [3.63, 3.8) is 0 Å². The predicted octanol–water partition coefficient (Wildman–Crippen LogP) is 1.19. The molecule has 1 aromatic rings. The number of hydrogen-bond acceptors (Lipinski definition) is 5. The van der Waals surface area contributed by atoms with Crippen LogP contribution in [0.4, 0.5) is 0 Å². The van der Waals surface area contributed by atoms with Crippen LogP contribution in [0.3, 0.4) is 0 Å². The summed E-state index contributed by atoms with van der Waals surface area (Å²) >= 11 is 0. The molecule has 0 aliphatic carbocycles. The van der Waals surface area contributed by atoms with Crippen LogP contribution in [0.2, 0.25) is 0 Å². The lowest BCUT2D eigenvalue weighted by molar-refractivity contribution is 0.000892. The van der Waals surface area contributed by atoms with E-state index >= 15 is 0 Å². The molecule has 1 aromatic heterocycles. The van der Waals surface area contributed by atoms with E-state index in [9.17, 15) is 0 Å². The number of nitrogens with zero attached hydrogens (tertiary/aromatic N) is 4. The summed E-state index contributed by atoms with van der Waals surface area (Å²) in [6.07, 6.45) is 3.88. The van der Waals surface area contributed by atoms with Gasteiger partial charge in [-0.1, -0.05) is 19.0 Å². The number of nitrogens with two attached hydrogens (primary N) is 1. The fourth-order valence-corrected chi connectivity index (χ4v) is 2.65.